The number of hydrogen-bond acceptors (Lipinski definition) is 4. The zero-order chi connectivity index (χ0) is 21.0. The number of aliphatic hydroxyl groups excluding tert-OH is 1. The van der Waals surface area contributed by atoms with E-state index in [-0.39, 0.29) is 23.4 Å². The maximum atomic E-state index is 13.3. The summed E-state index contributed by atoms with van der Waals surface area (Å²) >= 11 is 0. The molecule has 1 saturated carbocycles. The Morgan fingerprint density at radius 1 is 1.07 bits per heavy atom. The van der Waals surface area contributed by atoms with Crippen LogP contribution in [0.2, 0.25) is 0 Å². The Morgan fingerprint density at radius 2 is 1.76 bits per heavy atom. The van der Waals surface area contributed by atoms with Crippen molar-refractivity contribution in [1.29, 1.82) is 0 Å². The molecule has 0 bridgehead atoms. The van der Waals surface area contributed by atoms with Gasteiger partial charge in [-0.25, -0.2) is 8.42 Å². The van der Waals surface area contributed by atoms with Gasteiger partial charge in [-0.15, -0.1) is 0 Å². The second-order valence-corrected chi connectivity index (χ2v) is 9.45. The summed E-state index contributed by atoms with van der Waals surface area (Å²) < 4.78 is 27.9. The molecule has 0 aliphatic heterocycles. The molecule has 2 atom stereocenters. The maximum Gasteiger partial charge on any atom is 0.264 e. The smallest absolute Gasteiger partial charge is 0.264 e. The van der Waals surface area contributed by atoms with E-state index < -0.39 is 16.1 Å². The molecule has 2 unspecified atom stereocenters. The average molecular weight is 417 g/mol. The van der Waals surface area contributed by atoms with Crippen LogP contribution in [0.4, 0.5) is 5.69 Å². The number of nitrogens with zero attached hydrogens (tertiary/aromatic N) is 2. The van der Waals surface area contributed by atoms with Crippen LogP contribution in [0.3, 0.4) is 0 Å². The van der Waals surface area contributed by atoms with E-state index in [4.69, 9.17) is 0 Å². The summed E-state index contributed by atoms with van der Waals surface area (Å²) in [4.78, 5) is 14.7. The molecule has 0 radical (unpaired) electrons. The topological polar surface area (TPSA) is 77.9 Å². The maximum absolute atomic E-state index is 13.3. The third kappa shape index (κ3) is 4.79. The number of aliphatic hydroxyl groups is 1. The lowest BCUT2D eigenvalue weighted by Crippen LogP contribution is -2.50. The molecule has 3 rings (SSSR count). The number of sulfonamides is 1. The lowest BCUT2D eigenvalue weighted by atomic mass is 9.91. The van der Waals surface area contributed by atoms with Crippen molar-refractivity contribution in [3.8, 4) is 0 Å². The minimum atomic E-state index is -3.92. The van der Waals surface area contributed by atoms with Crippen LogP contribution in [-0.2, 0) is 14.8 Å². The normalized spacial score (nSPS) is 19.6. The third-order valence-corrected chi connectivity index (χ3v) is 7.27. The van der Waals surface area contributed by atoms with E-state index in [9.17, 15) is 18.3 Å². The second kappa shape index (κ2) is 8.97. The Labute approximate surface area is 172 Å². The van der Waals surface area contributed by atoms with Crippen molar-refractivity contribution in [3.05, 3.63) is 60.2 Å². The van der Waals surface area contributed by atoms with E-state index in [1.807, 2.05) is 13.0 Å². The predicted octanol–water partition coefficient (Wildman–Crippen LogP) is 2.95. The second-order valence-electron chi connectivity index (χ2n) is 7.59. The molecule has 1 N–H and O–H groups in total. The van der Waals surface area contributed by atoms with E-state index in [1.165, 1.54) is 17.0 Å². The van der Waals surface area contributed by atoms with Crippen LogP contribution in [-0.4, -0.2) is 50.1 Å². The number of likely N-dealkylation sites (N-methyl/N-ethyl adjacent to an activating group) is 1. The van der Waals surface area contributed by atoms with Gasteiger partial charge in [0.2, 0.25) is 5.91 Å². The van der Waals surface area contributed by atoms with Gasteiger partial charge >= 0.3 is 0 Å². The molecular weight excluding hydrogens is 388 g/mol. The standard InChI is InChI=1S/C22H28N2O4S/c1-17-9-8-10-18(15-17)24(29(27,28)19-11-4-3-5-12-19)16-22(26)23(2)20-13-6-7-14-21(20)25/h3-5,8-12,15,20-21,25H,6-7,13-14,16H2,1-2H3. The van der Waals surface area contributed by atoms with Crippen LogP contribution in [0.5, 0.6) is 0 Å². The van der Waals surface area contributed by atoms with Crippen LogP contribution in [0, 0.1) is 6.92 Å². The highest BCUT2D eigenvalue weighted by atomic mass is 32.2. The first kappa shape index (κ1) is 21.3. The molecule has 1 aliphatic rings. The first-order chi connectivity index (χ1) is 13.8. The zero-order valence-corrected chi connectivity index (χ0v) is 17.7. The van der Waals surface area contributed by atoms with Crippen molar-refractivity contribution in [2.75, 3.05) is 17.9 Å². The van der Waals surface area contributed by atoms with Gasteiger partial charge in [0.25, 0.3) is 10.0 Å². The average Bonchev–Trinajstić information content (AvgIpc) is 2.72. The van der Waals surface area contributed by atoms with E-state index in [1.54, 1.807) is 43.4 Å². The number of rotatable bonds is 6. The molecule has 1 amide bonds. The minimum Gasteiger partial charge on any atom is -0.391 e. The fourth-order valence-electron chi connectivity index (χ4n) is 3.78. The molecule has 7 heteroatoms. The van der Waals surface area contributed by atoms with Crippen LogP contribution in [0.1, 0.15) is 31.2 Å². The predicted molar refractivity (Wildman–Crippen MR) is 113 cm³/mol. The van der Waals surface area contributed by atoms with Crippen molar-refractivity contribution >= 4 is 21.6 Å². The van der Waals surface area contributed by atoms with Crippen LogP contribution < -0.4 is 4.31 Å². The highest BCUT2D eigenvalue weighted by Crippen LogP contribution is 2.26. The first-order valence-electron chi connectivity index (χ1n) is 9.89. The van der Waals surface area contributed by atoms with E-state index in [0.717, 1.165) is 29.1 Å². The summed E-state index contributed by atoms with van der Waals surface area (Å²) in [5, 5.41) is 10.3. The SMILES string of the molecule is Cc1cccc(N(CC(=O)N(C)C2CCCCC2O)S(=O)(=O)c2ccccc2)c1. The Bertz CT molecular complexity index is 946. The summed E-state index contributed by atoms with van der Waals surface area (Å²) in [6.45, 7) is 1.56. The summed E-state index contributed by atoms with van der Waals surface area (Å²) in [7, 11) is -2.28. The Morgan fingerprint density at radius 3 is 2.41 bits per heavy atom. The van der Waals surface area contributed by atoms with E-state index >= 15 is 0 Å². The fourth-order valence-corrected chi connectivity index (χ4v) is 5.21. The van der Waals surface area contributed by atoms with Crippen molar-refractivity contribution in [2.24, 2.45) is 0 Å². The number of anilines is 1. The molecule has 1 aliphatic carbocycles. The quantitative estimate of drug-likeness (QED) is 0.785. The largest absolute Gasteiger partial charge is 0.391 e. The van der Waals surface area contributed by atoms with Crippen molar-refractivity contribution in [1.82, 2.24) is 4.90 Å². The van der Waals surface area contributed by atoms with Crippen LogP contribution in [0.15, 0.2) is 59.5 Å². The highest BCUT2D eigenvalue weighted by molar-refractivity contribution is 7.92. The molecule has 1 fully saturated rings. The van der Waals surface area contributed by atoms with Crippen molar-refractivity contribution in [3.63, 3.8) is 0 Å². The first-order valence-corrected chi connectivity index (χ1v) is 11.3. The van der Waals surface area contributed by atoms with Gasteiger partial charge in [0, 0.05) is 7.05 Å². The number of carbonyl (C=O) groups excluding carboxylic acids is 1. The zero-order valence-electron chi connectivity index (χ0n) is 16.9. The van der Waals surface area contributed by atoms with Crippen LogP contribution in [0.25, 0.3) is 0 Å². The van der Waals surface area contributed by atoms with Gasteiger partial charge in [-0.1, -0.05) is 43.2 Å². The number of benzene rings is 2. The summed E-state index contributed by atoms with van der Waals surface area (Å²) in [6, 6.07) is 14.9. The van der Waals surface area contributed by atoms with E-state index in [2.05, 4.69) is 0 Å². The van der Waals surface area contributed by atoms with Gasteiger partial charge in [0.1, 0.15) is 6.54 Å². The molecule has 0 aromatic heterocycles. The lowest BCUT2D eigenvalue weighted by Gasteiger charge is -2.36. The van der Waals surface area contributed by atoms with Crippen LogP contribution >= 0.6 is 0 Å². The molecule has 29 heavy (non-hydrogen) atoms. The van der Waals surface area contributed by atoms with Crippen molar-refractivity contribution < 1.29 is 18.3 Å². The Kier molecular flexibility index (Phi) is 6.59. The molecule has 0 heterocycles. The summed E-state index contributed by atoms with van der Waals surface area (Å²) in [6.07, 6.45) is 2.70. The van der Waals surface area contributed by atoms with Crippen molar-refractivity contribution in [2.45, 2.75) is 49.6 Å². The monoisotopic (exact) mass is 416 g/mol. The van der Waals surface area contributed by atoms with Gasteiger partial charge in [-0.2, -0.15) is 0 Å². The molecule has 6 nitrogen and oxygen atoms in total. The number of carbonyl (C=O) groups is 1. The summed E-state index contributed by atoms with van der Waals surface area (Å²) in [5.74, 6) is -0.336. The van der Waals surface area contributed by atoms with Gasteiger partial charge in [0.05, 0.1) is 22.7 Å². The summed E-state index contributed by atoms with van der Waals surface area (Å²) in [5.41, 5.74) is 1.35. The Hall–Kier alpha value is -2.38. The third-order valence-electron chi connectivity index (χ3n) is 5.48. The number of amides is 1. The fraction of sp³-hybridized carbons (Fsp3) is 0.409. The minimum absolute atomic E-state index is 0.134. The van der Waals surface area contributed by atoms with E-state index in [0.29, 0.717) is 12.1 Å². The number of aryl methyl sites for hydroxylation is 1. The molecule has 156 valence electrons. The molecular formula is C22H28N2O4S. The molecule has 0 saturated heterocycles. The van der Waals surface area contributed by atoms with Gasteiger partial charge in [-0.3, -0.25) is 9.10 Å². The Balaban J connectivity index is 1.92. The van der Waals surface area contributed by atoms with Gasteiger partial charge < -0.3 is 10.0 Å². The molecule has 0 spiro atoms. The highest BCUT2D eigenvalue weighted by Gasteiger charge is 2.33. The molecule has 2 aromatic rings. The lowest BCUT2D eigenvalue weighted by molar-refractivity contribution is -0.133. The molecule has 2 aromatic carbocycles. The number of hydrogen-bond donors (Lipinski definition) is 1. The van der Waals surface area contributed by atoms with Gasteiger partial charge in [0.15, 0.2) is 0 Å². The van der Waals surface area contributed by atoms with Gasteiger partial charge in [-0.05, 0) is 49.6 Å².